The van der Waals surface area contributed by atoms with Gasteiger partial charge in [0, 0.05) is 38.2 Å². The first-order valence-electron chi connectivity index (χ1n) is 7.93. The minimum atomic E-state index is 0. The summed E-state index contributed by atoms with van der Waals surface area (Å²) in [5.41, 5.74) is 1.78. The Morgan fingerprint density at radius 2 is 2.41 bits per heavy atom. The number of nitrogens with one attached hydrogen (secondary N) is 1. The number of guanidine groups is 1. The minimum absolute atomic E-state index is 0. The molecule has 2 aliphatic heterocycles. The zero-order valence-electron chi connectivity index (χ0n) is 13.2. The van der Waals surface area contributed by atoms with Crippen LogP contribution < -0.4 is 5.32 Å². The van der Waals surface area contributed by atoms with E-state index in [4.69, 9.17) is 9.73 Å². The molecule has 0 bridgehead atoms. The SMILES string of the molecule is CCNC(=NCCc1ccsc1)N1CCC2(CCOC2)C1.I. The molecule has 2 fully saturated rings. The van der Waals surface area contributed by atoms with Gasteiger partial charge < -0.3 is 15.0 Å². The van der Waals surface area contributed by atoms with Gasteiger partial charge in [0.15, 0.2) is 5.96 Å². The lowest BCUT2D eigenvalue weighted by Gasteiger charge is -2.24. The highest BCUT2D eigenvalue weighted by atomic mass is 127. The first-order valence-corrected chi connectivity index (χ1v) is 8.88. The van der Waals surface area contributed by atoms with Crippen molar-refractivity contribution in [2.45, 2.75) is 26.2 Å². The van der Waals surface area contributed by atoms with Crippen LogP contribution in [0.2, 0.25) is 0 Å². The van der Waals surface area contributed by atoms with Gasteiger partial charge in [-0.3, -0.25) is 4.99 Å². The van der Waals surface area contributed by atoms with Crippen molar-refractivity contribution in [1.29, 1.82) is 0 Å². The second-order valence-corrected chi connectivity index (χ2v) is 6.87. The maximum Gasteiger partial charge on any atom is 0.193 e. The molecule has 1 atom stereocenters. The van der Waals surface area contributed by atoms with Crippen LogP contribution in [0.4, 0.5) is 0 Å². The van der Waals surface area contributed by atoms with Gasteiger partial charge in [0.2, 0.25) is 0 Å². The summed E-state index contributed by atoms with van der Waals surface area (Å²) in [5.74, 6) is 1.08. The van der Waals surface area contributed by atoms with Crippen LogP contribution in [-0.2, 0) is 11.2 Å². The molecule has 1 aromatic heterocycles. The van der Waals surface area contributed by atoms with E-state index in [9.17, 15) is 0 Å². The summed E-state index contributed by atoms with van der Waals surface area (Å²) in [6, 6.07) is 2.19. The predicted octanol–water partition coefficient (Wildman–Crippen LogP) is 2.99. The molecular weight excluding hydrogens is 409 g/mol. The Balaban J connectivity index is 0.00000176. The molecule has 1 aromatic rings. The molecule has 1 N–H and O–H groups in total. The highest BCUT2D eigenvalue weighted by Gasteiger charge is 2.42. The maximum atomic E-state index is 5.61. The molecule has 1 unspecified atom stereocenters. The molecule has 3 rings (SSSR count). The highest BCUT2D eigenvalue weighted by molar-refractivity contribution is 14.0. The lowest BCUT2D eigenvalue weighted by atomic mass is 9.87. The molecule has 0 radical (unpaired) electrons. The number of likely N-dealkylation sites (tertiary alicyclic amines) is 1. The van der Waals surface area contributed by atoms with Crippen LogP contribution >= 0.6 is 35.3 Å². The molecule has 1 spiro atoms. The predicted molar refractivity (Wildman–Crippen MR) is 103 cm³/mol. The van der Waals surface area contributed by atoms with Crippen molar-refractivity contribution < 1.29 is 4.74 Å². The fourth-order valence-corrected chi connectivity index (χ4v) is 3.94. The van der Waals surface area contributed by atoms with Gasteiger partial charge in [-0.2, -0.15) is 11.3 Å². The second kappa shape index (κ2) is 8.49. The molecule has 0 aliphatic carbocycles. The van der Waals surface area contributed by atoms with Crippen molar-refractivity contribution in [1.82, 2.24) is 10.2 Å². The van der Waals surface area contributed by atoms with Crippen molar-refractivity contribution in [3.63, 3.8) is 0 Å². The summed E-state index contributed by atoms with van der Waals surface area (Å²) >= 11 is 1.76. The van der Waals surface area contributed by atoms with Gasteiger partial charge in [-0.1, -0.05) is 0 Å². The number of aliphatic imine (C=N–C) groups is 1. The van der Waals surface area contributed by atoms with Crippen LogP contribution in [0.15, 0.2) is 21.8 Å². The molecule has 0 aromatic carbocycles. The standard InChI is InChI=1S/C16H25N3OS.HI/c1-2-17-15(18-7-3-14-4-10-21-11-14)19-8-5-16(12-19)6-9-20-13-16;/h4,10-11H,2-3,5-9,12-13H2,1H3,(H,17,18);1H. The van der Waals surface area contributed by atoms with E-state index in [0.29, 0.717) is 5.41 Å². The average molecular weight is 435 g/mol. The molecule has 3 heterocycles. The summed E-state index contributed by atoms with van der Waals surface area (Å²) in [6.45, 7) is 7.98. The van der Waals surface area contributed by atoms with E-state index in [1.807, 2.05) is 0 Å². The monoisotopic (exact) mass is 435 g/mol. The summed E-state index contributed by atoms with van der Waals surface area (Å²) in [6.07, 6.45) is 3.47. The van der Waals surface area contributed by atoms with Crippen LogP contribution in [0.3, 0.4) is 0 Å². The molecule has 124 valence electrons. The van der Waals surface area contributed by atoms with Gasteiger partial charge in [0.05, 0.1) is 6.61 Å². The number of ether oxygens (including phenoxy) is 1. The van der Waals surface area contributed by atoms with Crippen LogP contribution in [-0.4, -0.2) is 50.3 Å². The van der Waals surface area contributed by atoms with Crippen molar-refractivity contribution in [3.8, 4) is 0 Å². The van der Waals surface area contributed by atoms with Crippen LogP contribution in [0, 0.1) is 5.41 Å². The van der Waals surface area contributed by atoms with Crippen LogP contribution in [0.1, 0.15) is 25.3 Å². The topological polar surface area (TPSA) is 36.9 Å². The lowest BCUT2D eigenvalue weighted by molar-refractivity contribution is 0.156. The largest absolute Gasteiger partial charge is 0.381 e. The molecule has 0 amide bonds. The van der Waals surface area contributed by atoms with Gasteiger partial charge in [-0.15, -0.1) is 24.0 Å². The molecular formula is C16H26IN3OS. The summed E-state index contributed by atoms with van der Waals surface area (Å²) in [5, 5.41) is 7.79. The summed E-state index contributed by atoms with van der Waals surface area (Å²) in [4.78, 5) is 7.24. The Kier molecular flexibility index (Phi) is 6.95. The van der Waals surface area contributed by atoms with E-state index >= 15 is 0 Å². The third-order valence-electron chi connectivity index (χ3n) is 4.50. The minimum Gasteiger partial charge on any atom is -0.381 e. The molecule has 6 heteroatoms. The van der Waals surface area contributed by atoms with E-state index in [2.05, 4.69) is 34.0 Å². The quantitative estimate of drug-likeness (QED) is 0.449. The first-order chi connectivity index (χ1) is 10.3. The van der Waals surface area contributed by atoms with Gasteiger partial charge in [0.1, 0.15) is 0 Å². The third-order valence-corrected chi connectivity index (χ3v) is 5.23. The average Bonchev–Trinajstić information content (AvgIpc) is 3.22. The smallest absolute Gasteiger partial charge is 0.193 e. The Morgan fingerprint density at radius 1 is 1.50 bits per heavy atom. The van der Waals surface area contributed by atoms with E-state index in [1.165, 1.54) is 18.4 Å². The normalized spacial score (nSPS) is 24.8. The Labute approximate surface area is 154 Å². The van der Waals surface area contributed by atoms with Gasteiger partial charge >= 0.3 is 0 Å². The Bertz CT molecular complexity index is 472. The van der Waals surface area contributed by atoms with Crippen LogP contribution in [0.25, 0.3) is 0 Å². The van der Waals surface area contributed by atoms with Gasteiger partial charge in [-0.05, 0) is 48.6 Å². The number of hydrogen-bond acceptors (Lipinski definition) is 3. The van der Waals surface area contributed by atoms with E-state index < -0.39 is 0 Å². The molecule has 4 nitrogen and oxygen atoms in total. The number of nitrogens with zero attached hydrogens (tertiary/aromatic N) is 2. The number of thiophene rings is 1. The number of rotatable bonds is 4. The highest BCUT2D eigenvalue weighted by Crippen LogP contribution is 2.38. The van der Waals surface area contributed by atoms with Crippen molar-refractivity contribution in [2.75, 3.05) is 39.4 Å². The molecule has 2 saturated heterocycles. The van der Waals surface area contributed by atoms with E-state index in [-0.39, 0.29) is 24.0 Å². The Morgan fingerprint density at radius 3 is 3.09 bits per heavy atom. The summed E-state index contributed by atoms with van der Waals surface area (Å²) in [7, 11) is 0. The van der Waals surface area contributed by atoms with Gasteiger partial charge in [-0.25, -0.2) is 0 Å². The maximum absolute atomic E-state index is 5.61. The molecule has 22 heavy (non-hydrogen) atoms. The fourth-order valence-electron chi connectivity index (χ4n) is 3.24. The van der Waals surface area contributed by atoms with E-state index in [1.54, 1.807) is 11.3 Å². The number of halogens is 1. The summed E-state index contributed by atoms with van der Waals surface area (Å²) < 4.78 is 5.61. The zero-order chi connectivity index (χ0) is 14.5. The lowest BCUT2D eigenvalue weighted by Crippen LogP contribution is -2.41. The van der Waals surface area contributed by atoms with Crippen molar-refractivity contribution in [2.24, 2.45) is 10.4 Å². The van der Waals surface area contributed by atoms with Crippen LogP contribution in [0.5, 0.6) is 0 Å². The molecule has 2 aliphatic rings. The van der Waals surface area contributed by atoms with Crippen molar-refractivity contribution >= 4 is 41.3 Å². The fraction of sp³-hybridized carbons (Fsp3) is 0.688. The third kappa shape index (κ3) is 4.35. The first kappa shape index (κ1) is 18.0. The second-order valence-electron chi connectivity index (χ2n) is 6.09. The Hall–Kier alpha value is -0.340. The van der Waals surface area contributed by atoms with Crippen molar-refractivity contribution in [3.05, 3.63) is 22.4 Å². The van der Waals surface area contributed by atoms with Gasteiger partial charge in [0.25, 0.3) is 0 Å². The number of hydrogen-bond donors (Lipinski definition) is 1. The van der Waals surface area contributed by atoms with E-state index in [0.717, 1.165) is 51.8 Å². The zero-order valence-corrected chi connectivity index (χ0v) is 16.4. The molecule has 0 saturated carbocycles.